The fourth-order valence-corrected chi connectivity index (χ4v) is 3.06. The molecule has 7 heteroatoms. The lowest BCUT2D eigenvalue weighted by atomic mass is 10.2. The number of hydrogen-bond acceptors (Lipinski definition) is 6. The molecule has 0 bridgehead atoms. The zero-order valence-electron chi connectivity index (χ0n) is 15.1. The Hall–Kier alpha value is -2.57. The Morgan fingerprint density at radius 1 is 1.15 bits per heavy atom. The molecular formula is C20H20ClN3O2S. The number of halogens is 1. The second kappa shape index (κ2) is 9.39. The molecule has 0 aliphatic heterocycles. The molecule has 0 radical (unpaired) electrons. The Morgan fingerprint density at radius 2 is 1.96 bits per heavy atom. The van der Waals surface area contributed by atoms with E-state index in [-0.39, 0.29) is 0 Å². The van der Waals surface area contributed by atoms with Crippen LogP contribution in [0.5, 0.6) is 11.5 Å². The van der Waals surface area contributed by atoms with Crippen LogP contribution >= 0.6 is 22.9 Å². The molecule has 0 aliphatic rings. The quantitative estimate of drug-likeness (QED) is 0.398. The van der Waals surface area contributed by atoms with E-state index in [1.54, 1.807) is 6.21 Å². The third kappa shape index (κ3) is 5.70. The number of aryl methyl sites for hydroxylation is 1. The maximum atomic E-state index is 5.91. The Kier molecular flexibility index (Phi) is 6.68. The van der Waals surface area contributed by atoms with Crippen molar-refractivity contribution in [3.8, 4) is 11.5 Å². The molecule has 0 fully saturated rings. The number of ether oxygens (including phenoxy) is 2. The summed E-state index contributed by atoms with van der Waals surface area (Å²) in [4.78, 5) is 4.30. The number of hydrogen-bond donors (Lipinski definition) is 1. The summed E-state index contributed by atoms with van der Waals surface area (Å²) in [6, 6.07) is 13.3. The van der Waals surface area contributed by atoms with E-state index in [4.69, 9.17) is 21.1 Å². The summed E-state index contributed by atoms with van der Waals surface area (Å²) in [5, 5.41) is 7.66. The third-order valence-electron chi connectivity index (χ3n) is 3.57. The van der Waals surface area contributed by atoms with Crippen molar-refractivity contribution in [3.05, 3.63) is 69.7 Å². The van der Waals surface area contributed by atoms with E-state index in [0.29, 0.717) is 29.7 Å². The average molecular weight is 402 g/mol. The smallest absolute Gasteiger partial charge is 0.203 e. The van der Waals surface area contributed by atoms with E-state index >= 15 is 0 Å². The molecule has 27 heavy (non-hydrogen) atoms. The lowest BCUT2D eigenvalue weighted by Gasteiger charge is -2.12. The van der Waals surface area contributed by atoms with E-state index in [0.717, 1.165) is 22.0 Å². The Bertz CT molecular complexity index is 910. The molecule has 3 aromatic rings. The Balaban J connectivity index is 1.66. The van der Waals surface area contributed by atoms with Gasteiger partial charge in [0, 0.05) is 10.4 Å². The van der Waals surface area contributed by atoms with Gasteiger partial charge >= 0.3 is 0 Å². The van der Waals surface area contributed by atoms with Gasteiger partial charge in [0.1, 0.15) is 6.61 Å². The summed E-state index contributed by atoms with van der Waals surface area (Å²) < 4.78 is 11.6. The zero-order chi connectivity index (χ0) is 19.1. The van der Waals surface area contributed by atoms with Crippen molar-refractivity contribution in [1.82, 2.24) is 4.98 Å². The number of nitrogens with zero attached hydrogens (tertiary/aromatic N) is 2. The molecule has 0 spiro atoms. The van der Waals surface area contributed by atoms with Gasteiger partial charge in [-0.25, -0.2) is 4.98 Å². The van der Waals surface area contributed by atoms with E-state index < -0.39 is 0 Å². The molecule has 140 valence electrons. The summed E-state index contributed by atoms with van der Waals surface area (Å²) in [5.74, 6) is 1.37. The maximum Gasteiger partial charge on any atom is 0.203 e. The largest absolute Gasteiger partial charge is 0.490 e. The van der Waals surface area contributed by atoms with Crippen LogP contribution in [0, 0.1) is 6.92 Å². The molecular weight excluding hydrogens is 382 g/mol. The normalized spacial score (nSPS) is 10.9. The van der Waals surface area contributed by atoms with Crippen LogP contribution in [0.15, 0.2) is 52.9 Å². The molecule has 1 aromatic heterocycles. The van der Waals surface area contributed by atoms with Crippen molar-refractivity contribution in [1.29, 1.82) is 0 Å². The highest BCUT2D eigenvalue weighted by molar-refractivity contribution is 7.13. The number of nitrogens with one attached hydrogen (secondary N) is 1. The molecule has 0 unspecified atom stereocenters. The third-order valence-corrected chi connectivity index (χ3v) is 4.68. The summed E-state index contributed by atoms with van der Waals surface area (Å²) >= 11 is 7.43. The molecule has 1 heterocycles. The Morgan fingerprint density at radius 3 is 2.67 bits per heavy atom. The van der Waals surface area contributed by atoms with E-state index in [1.807, 2.05) is 61.7 Å². The second-order valence-electron chi connectivity index (χ2n) is 5.72. The topological polar surface area (TPSA) is 55.7 Å². The van der Waals surface area contributed by atoms with Crippen LogP contribution in [0.3, 0.4) is 0 Å². The first-order valence-electron chi connectivity index (χ1n) is 8.49. The van der Waals surface area contributed by atoms with Crippen molar-refractivity contribution >= 4 is 34.3 Å². The van der Waals surface area contributed by atoms with E-state index in [9.17, 15) is 0 Å². The number of hydrazone groups is 1. The SMILES string of the molecule is CCOc1cc(/C=N\Nc2nc(C)cs2)ccc1OCc1ccc(Cl)cc1. The van der Waals surface area contributed by atoms with Crippen molar-refractivity contribution in [2.45, 2.75) is 20.5 Å². The molecule has 0 amide bonds. The van der Waals surface area contributed by atoms with Gasteiger partial charge in [0.25, 0.3) is 0 Å². The molecule has 0 saturated carbocycles. The minimum Gasteiger partial charge on any atom is -0.490 e. The van der Waals surface area contributed by atoms with Crippen molar-refractivity contribution in [2.24, 2.45) is 5.10 Å². The fraction of sp³-hybridized carbons (Fsp3) is 0.200. The summed E-state index contributed by atoms with van der Waals surface area (Å²) in [6.45, 7) is 4.88. The number of thiazole rings is 1. The number of rotatable bonds is 8. The second-order valence-corrected chi connectivity index (χ2v) is 7.01. The molecule has 2 aromatic carbocycles. The molecule has 0 aliphatic carbocycles. The lowest BCUT2D eigenvalue weighted by molar-refractivity contribution is 0.269. The van der Waals surface area contributed by atoms with Gasteiger partial charge in [0.15, 0.2) is 11.5 Å². The first-order chi connectivity index (χ1) is 13.1. The first kappa shape index (κ1) is 19.2. The number of aromatic nitrogens is 1. The van der Waals surface area contributed by atoms with Crippen LogP contribution in [0.4, 0.5) is 5.13 Å². The minimum absolute atomic E-state index is 0.440. The minimum atomic E-state index is 0.440. The highest BCUT2D eigenvalue weighted by atomic mass is 35.5. The number of anilines is 1. The Labute approximate surface area is 167 Å². The van der Waals surface area contributed by atoms with Crippen LogP contribution in [-0.2, 0) is 6.61 Å². The predicted molar refractivity (Wildman–Crippen MR) is 111 cm³/mol. The van der Waals surface area contributed by atoms with Gasteiger partial charge in [-0.1, -0.05) is 23.7 Å². The van der Waals surface area contributed by atoms with Gasteiger partial charge < -0.3 is 9.47 Å². The first-order valence-corrected chi connectivity index (χ1v) is 9.75. The van der Waals surface area contributed by atoms with Gasteiger partial charge in [0.2, 0.25) is 5.13 Å². The lowest BCUT2D eigenvalue weighted by Crippen LogP contribution is -2.00. The van der Waals surface area contributed by atoms with Crippen LogP contribution in [0.2, 0.25) is 5.02 Å². The summed E-state index contributed by atoms with van der Waals surface area (Å²) in [6.07, 6.45) is 1.72. The van der Waals surface area contributed by atoms with Crippen LogP contribution in [0.25, 0.3) is 0 Å². The maximum absolute atomic E-state index is 5.91. The van der Waals surface area contributed by atoms with E-state index in [2.05, 4.69) is 15.5 Å². The van der Waals surface area contributed by atoms with Crippen molar-refractivity contribution in [2.75, 3.05) is 12.0 Å². The van der Waals surface area contributed by atoms with Crippen LogP contribution in [-0.4, -0.2) is 17.8 Å². The average Bonchev–Trinajstić information content (AvgIpc) is 3.08. The highest BCUT2D eigenvalue weighted by Gasteiger charge is 2.07. The van der Waals surface area contributed by atoms with Crippen molar-refractivity contribution in [3.63, 3.8) is 0 Å². The summed E-state index contributed by atoms with van der Waals surface area (Å²) in [7, 11) is 0. The number of benzene rings is 2. The van der Waals surface area contributed by atoms with Gasteiger partial charge in [-0.15, -0.1) is 11.3 Å². The molecule has 5 nitrogen and oxygen atoms in total. The van der Waals surface area contributed by atoms with Gasteiger partial charge in [-0.05, 0) is 55.3 Å². The predicted octanol–water partition coefficient (Wildman–Crippen LogP) is 5.53. The van der Waals surface area contributed by atoms with Gasteiger partial charge in [-0.2, -0.15) is 5.10 Å². The molecule has 1 N–H and O–H groups in total. The van der Waals surface area contributed by atoms with Gasteiger partial charge in [0.05, 0.1) is 18.5 Å². The standard InChI is InChI=1S/C20H20ClN3O2S/c1-3-25-19-10-16(11-22-24-20-23-14(2)13-27-20)6-9-18(19)26-12-15-4-7-17(21)8-5-15/h4-11,13H,3,12H2,1-2H3,(H,23,24)/b22-11-. The molecule has 3 rings (SSSR count). The fourth-order valence-electron chi connectivity index (χ4n) is 2.30. The zero-order valence-corrected chi connectivity index (χ0v) is 16.7. The monoisotopic (exact) mass is 401 g/mol. The summed E-state index contributed by atoms with van der Waals surface area (Å²) in [5.41, 5.74) is 5.83. The van der Waals surface area contributed by atoms with Crippen LogP contribution < -0.4 is 14.9 Å². The van der Waals surface area contributed by atoms with Crippen LogP contribution in [0.1, 0.15) is 23.7 Å². The molecule has 0 saturated heterocycles. The molecule has 0 atom stereocenters. The highest BCUT2D eigenvalue weighted by Crippen LogP contribution is 2.29. The van der Waals surface area contributed by atoms with Gasteiger partial charge in [-0.3, -0.25) is 5.43 Å². The van der Waals surface area contributed by atoms with E-state index in [1.165, 1.54) is 11.3 Å². The van der Waals surface area contributed by atoms with Crippen molar-refractivity contribution < 1.29 is 9.47 Å².